The molecule has 4 heterocycles. The zero-order valence-corrected chi connectivity index (χ0v) is 33.6. The Bertz CT molecular complexity index is 1270. The van der Waals surface area contributed by atoms with Crippen LogP contribution >= 0.6 is 0 Å². The standard InChI is InChI=1S/C38H67N5O10/c1-11-28-38(12-2)32(41-36(48)53-38)25(6)39-19-22(3)18-37(7,49-10)33(23(4)30(45)24(5)34(47)51-28)52-35-31(46)27(42(8)9)17-26(50-35)20-40-29(44)21-43-15-13-14-16-43/h22-28,31-33,35,39,46H,11-21H2,1-10H3,(H,40,44)(H,41,48)/t22-,23+,24?,25-,26+,27?,28-,31?,32-,33-,35+,37-,38-/m1/s1. The van der Waals surface area contributed by atoms with Gasteiger partial charge in [-0.25, -0.2) is 4.79 Å². The summed E-state index contributed by atoms with van der Waals surface area (Å²) in [6.45, 7) is 15.8. The summed E-state index contributed by atoms with van der Waals surface area (Å²) in [6.07, 6.45) is -1.26. The van der Waals surface area contributed by atoms with Crippen molar-refractivity contribution < 1.29 is 48.0 Å². The zero-order valence-electron chi connectivity index (χ0n) is 33.6. The number of ketones is 1. The lowest BCUT2D eigenvalue weighted by Crippen LogP contribution is -2.61. The number of rotatable bonds is 10. The van der Waals surface area contributed by atoms with E-state index in [0.29, 0.717) is 38.8 Å². The summed E-state index contributed by atoms with van der Waals surface area (Å²) >= 11 is 0. The van der Waals surface area contributed by atoms with Gasteiger partial charge in [-0.05, 0) is 98.9 Å². The third-order valence-electron chi connectivity index (χ3n) is 12.1. The normalized spacial score (nSPS) is 40.8. The van der Waals surface area contributed by atoms with Crippen molar-refractivity contribution in [2.45, 2.75) is 147 Å². The minimum Gasteiger partial charge on any atom is -0.457 e. The number of cyclic esters (lactones) is 1. The number of likely N-dealkylation sites (N-methyl/N-ethyl adjacent to an activating group) is 1. The van der Waals surface area contributed by atoms with Crippen molar-refractivity contribution in [1.82, 2.24) is 25.8 Å². The van der Waals surface area contributed by atoms with Crippen LogP contribution in [-0.2, 0) is 38.1 Å². The Kier molecular flexibility index (Phi) is 15.1. The van der Waals surface area contributed by atoms with Crippen molar-refractivity contribution >= 4 is 23.8 Å². The van der Waals surface area contributed by atoms with Crippen molar-refractivity contribution in [1.29, 1.82) is 0 Å². The molecule has 0 aromatic heterocycles. The van der Waals surface area contributed by atoms with Crippen LogP contribution in [0.4, 0.5) is 4.79 Å². The number of nitrogens with zero attached hydrogens (tertiary/aromatic N) is 2. The van der Waals surface area contributed by atoms with E-state index in [1.54, 1.807) is 14.0 Å². The second kappa shape index (κ2) is 18.5. The molecule has 15 heteroatoms. The molecule has 13 atom stereocenters. The smallest absolute Gasteiger partial charge is 0.408 e. The third kappa shape index (κ3) is 9.89. The lowest BCUT2D eigenvalue weighted by Gasteiger charge is -2.47. The maximum atomic E-state index is 14.3. The number of likely N-dealkylation sites (tertiary alicyclic amines) is 1. The van der Waals surface area contributed by atoms with Gasteiger partial charge in [-0.3, -0.25) is 19.3 Å². The molecule has 4 aliphatic rings. The molecule has 0 aromatic carbocycles. The average molecular weight is 754 g/mol. The van der Waals surface area contributed by atoms with Crippen LogP contribution in [0.25, 0.3) is 0 Å². The monoisotopic (exact) mass is 753 g/mol. The van der Waals surface area contributed by atoms with Crippen LogP contribution in [0.15, 0.2) is 0 Å². The van der Waals surface area contributed by atoms with Gasteiger partial charge in [0, 0.05) is 31.7 Å². The third-order valence-corrected chi connectivity index (χ3v) is 12.1. The van der Waals surface area contributed by atoms with E-state index in [0.717, 1.165) is 25.9 Å². The Morgan fingerprint density at radius 1 is 1.11 bits per heavy atom. The summed E-state index contributed by atoms with van der Waals surface area (Å²) in [5, 5.41) is 21.2. The van der Waals surface area contributed by atoms with Crippen molar-refractivity contribution in [3.63, 3.8) is 0 Å². The predicted octanol–water partition coefficient (Wildman–Crippen LogP) is 1.83. The number of hydrogen-bond donors (Lipinski definition) is 4. The number of hydrogen-bond acceptors (Lipinski definition) is 13. The highest BCUT2D eigenvalue weighted by molar-refractivity contribution is 6.00. The Hall–Kier alpha value is -2.40. The molecular formula is C38H67N5O10. The Labute approximate surface area is 315 Å². The van der Waals surface area contributed by atoms with Gasteiger partial charge in [-0.2, -0.15) is 0 Å². The summed E-state index contributed by atoms with van der Waals surface area (Å²) in [5.41, 5.74) is -2.22. The molecule has 3 unspecified atom stereocenters. The summed E-state index contributed by atoms with van der Waals surface area (Å²) in [5.74, 6) is -3.34. The molecule has 4 fully saturated rings. The number of amides is 2. The molecule has 0 aromatic rings. The highest BCUT2D eigenvalue weighted by Gasteiger charge is 2.57. The number of methoxy groups -OCH3 is 1. The maximum Gasteiger partial charge on any atom is 0.408 e. The van der Waals surface area contributed by atoms with Gasteiger partial charge in [0.2, 0.25) is 5.91 Å². The number of carbonyl (C=O) groups excluding carboxylic acids is 4. The topological polar surface area (TPSA) is 177 Å². The number of alkyl carbamates (subject to hydrolysis) is 1. The van der Waals surface area contributed by atoms with E-state index in [1.807, 2.05) is 46.7 Å². The first-order valence-electron chi connectivity index (χ1n) is 19.7. The largest absolute Gasteiger partial charge is 0.457 e. The van der Waals surface area contributed by atoms with E-state index in [2.05, 4.69) is 27.8 Å². The fourth-order valence-corrected chi connectivity index (χ4v) is 8.90. The first-order chi connectivity index (χ1) is 25.0. The second-order valence-corrected chi connectivity index (χ2v) is 16.3. The molecule has 4 N–H and O–H groups in total. The van der Waals surface area contributed by atoms with E-state index in [-0.39, 0.29) is 30.5 Å². The highest BCUT2D eigenvalue weighted by Crippen LogP contribution is 2.39. The van der Waals surface area contributed by atoms with Crippen LogP contribution < -0.4 is 16.0 Å². The molecule has 304 valence electrons. The number of esters is 1. The molecule has 0 spiro atoms. The molecule has 4 saturated heterocycles. The molecule has 2 amide bonds. The van der Waals surface area contributed by atoms with Crippen LogP contribution in [0.5, 0.6) is 0 Å². The number of fused-ring (bicyclic) bond motifs is 1. The van der Waals surface area contributed by atoms with Gasteiger partial charge in [0.05, 0.1) is 30.4 Å². The Balaban J connectivity index is 1.63. The first kappa shape index (κ1) is 43.3. The molecule has 0 radical (unpaired) electrons. The van der Waals surface area contributed by atoms with Crippen molar-refractivity contribution in [2.24, 2.45) is 17.8 Å². The lowest BCUT2D eigenvalue weighted by atomic mass is 9.78. The van der Waals surface area contributed by atoms with E-state index in [9.17, 15) is 24.3 Å². The summed E-state index contributed by atoms with van der Waals surface area (Å²) < 4.78 is 31.3. The second-order valence-electron chi connectivity index (χ2n) is 16.3. The van der Waals surface area contributed by atoms with Crippen LogP contribution in [-0.4, -0.2) is 153 Å². The van der Waals surface area contributed by atoms with Crippen molar-refractivity contribution in [3.05, 3.63) is 0 Å². The fraction of sp³-hybridized carbons (Fsp3) is 0.895. The highest BCUT2D eigenvalue weighted by atomic mass is 16.7. The van der Waals surface area contributed by atoms with Crippen molar-refractivity contribution in [2.75, 3.05) is 53.9 Å². The van der Waals surface area contributed by atoms with Gasteiger partial charge >= 0.3 is 12.1 Å². The maximum absolute atomic E-state index is 14.3. The van der Waals surface area contributed by atoms with Gasteiger partial charge in [-0.1, -0.05) is 27.7 Å². The van der Waals surface area contributed by atoms with Crippen LogP contribution in [0.2, 0.25) is 0 Å². The number of carbonyl (C=O) groups is 4. The number of aliphatic hydroxyl groups excluding tert-OH is 1. The number of ether oxygens (including phenoxy) is 5. The SMILES string of the molecule is CC[C@H]1OC(=O)C(C)C(=O)[C@H](C)[C@@H](O[C@@H]2O[C@H](CNC(=O)CN3CCCC3)CC(N(C)C)C2O)[C@](C)(OC)C[C@@H](C)CN[C@H](C)[C@H]2NC(=O)O[C@@]21CC. The predicted molar refractivity (Wildman–Crippen MR) is 197 cm³/mol. The molecule has 4 rings (SSSR count). The molecule has 15 nitrogen and oxygen atoms in total. The van der Waals surface area contributed by atoms with Gasteiger partial charge in [0.1, 0.15) is 18.1 Å². The van der Waals surface area contributed by atoms with Crippen LogP contribution in [0, 0.1) is 17.8 Å². The van der Waals surface area contributed by atoms with Crippen LogP contribution in [0.3, 0.4) is 0 Å². The van der Waals surface area contributed by atoms with E-state index < -0.39 is 77.6 Å². The average Bonchev–Trinajstić information content (AvgIpc) is 3.77. The molecule has 0 saturated carbocycles. The molecule has 0 bridgehead atoms. The summed E-state index contributed by atoms with van der Waals surface area (Å²) in [7, 11) is 5.30. The number of aliphatic hydroxyl groups is 1. The van der Waals surface area contributed by atoms with Gasteiger partial charge in [-0.15, -0.1) is 0 Å². The van der Waals surface area contributed by atoms with Gasteiger partial charge in [0.25, 0.3) is 0 Å². The quantitative estimate of drug-likeness (QED) is 0.188. The Morgan fingerprint density at radius 2 is 1.79 bits per heavy atom. The summed E-state index contributed by atoms with van der Waals surface area (Å²) in [6, 6.07) is -1.13. The van der Waals surface area contributed by atoms with Crippen molar-refractivity contribution in [3.8, 4) is 0 Å². The van der Waals surface area contributed by atoms with Crippen LogP contribution in [0.1, 0.15) is 87.0 Å². The van der Waals surface area contributed by atoms with E-state index >= 15 is 0 Å². The molecule has 4 aliphatic heterocycles. The number of Topliss-reactive ketones (excluding diaryl/α,β-unsaturated/α-hetero) is 1. The molecule has 0 aliphatic carbocycles. The first-order valence-corrected chi connectivity index (χ1v) is 19.7. The fourth-order valence-electron chi connectivity index (χ4n) is 8.90. The Morgan fingerprint density at radius 3 is 2.40 bits per heavy atom. The van der Waals surface area contributed by atoms with Gasteiger partial charge < -0.3 is 49.6 Å². The minimum atomic E-state index is -1.19. The summed E-state index contributed by atoms with van der Waals surface area (Å²) in [4.78, 5) is 57.7. The zero-order chi connectivity index (χ0) is 39.2. The number of nitrogens with one attached hydrogen (secondary N) is 3. The lowest BCUT2D eigenvalue weighted by molar-refractivity contribution is -0.296. The molecule has 53 heavy (non-hydrogen) atoms. The van der Waals surface area contributed by atoms with Gasteiger partial charge in [0.15, 0.2) is 17.7 Å². The van der Waals surface area contributed by atoms with E-state index in [4.69, 9.17) is 23.7 Å². The minimum absolute atomic E-state index is 0.0162. The van der Waals surface area contributed by atoms with E-state index in [1.165, 1.54) is 6.92 Å². The molecular weight excluding hydrogens is 686 g/mol.